The fourth-order valence-corrected chi connectivity index (χ4v) is 3.30. The van der Waals surface area contributed by atoms with Crippen molar-refractivity contribution in [1.82, 2.24) is 16.0 Å². The highest BCUT2D eigenvalue weighted by atomic mass is 16.7. The number of benzene rings is 1. The van der Waals surface area contributed by atoms with Gasteiger partial charge in [0.25, 0.3) is 0 Å². The molecule has 2 amide bonds. The van der Waals surface area contributed by atoms with Gasteiger partial charge in [-0.05, 0) is 24.1 Å². The van der Waals surface area contributed by atoms with E-state index >= 15 is 0 Å². The van der Waals surface area contributed by atoms with Crippen LogP contribution in [0.3, 0.4) is 0 Å². The fourth-order valence-electron chi connectivity index (χ4n) is 3.30. The molecule has 0 saturated carbocycles. The van der Waals surface area contributed by atoms with Gasteiger partial charge in [-0.15, -0.1) is 0 Å². The number of rotatable bonds is 2. The number of amides is 2. The maximum absolute atomic E-state index is 12.7. The van der Waals surface area contributed by atoms with Crippen molar-refractivity contribution in [2.75, 3.05) is 26.2 Å². The second kappa shape index (κ2) is 9.58. The molecule has 0 unspecified atom stereocenters. The minimum absolute atomic E-state index is 0.0495. The molecular formula is C19H25N3O9. The number of cyclic esters (lactones) is 1. The largest absolute Gasteiger partial charge is 0.508 e. The smallest absolute Gasteiger partial charge is 0.325 e. The van der Waals surface area contributed by atoms with Crippen molar-refractivity contribution >= 4 is 17.8 Å². The predicted molar refractivity (Wildman–Crippen MR) is 102 cm³/mol. The van der Waals surface area contributed by atoms with Crippen LogP contribution in [-0.4, -0.2) is 94.6 Å². The van der Waals surface area contributed by atoms with Gasteiger partial charge in [-0.25, -0.2) is 0 Å². The maximum Gasteiger partial charge on any atom is 0.325 e. The van der Waals surface area contributed by atoms with E-state index in [2.05, 4.69) is 16.0 Å². The van der Waals surface area contributed by atoms with E-state index in [4.69, 9.17) is 9.47 Å². The summed E-state index contributed by atoms with van der Waals surface area (Å²) in [6.45, 7) is -1.77. The lowest BCUT2D eigenvalue weighted by molar-refractivity contribution is -0.228. The molecule has 12 heteroatoms. The minimum Gasteiger partial charge on any atom is -0.508 e. The van der Waals surface area contributed by atoms with Crippen molar-refractivity contribution < 1.29 is 44.3 Å². The molecule has 2 bridgehead atoms. The summed E-state index contributed by atoms with van der Waals surface area (Å²) in [5.41, 5.74) is 0.671. The Balaban J connectivity index is 1.79. The summed E-state index contributed by atoms with van der Waals surface area (Å²) in [5.74, 6) is -4.23. The molecule has 2 fully saturated rings. The summed E-state index contributed by atoms with van der Waals surface area (Å²) in [6.07, 6.45) is -4.37. The molecular weight excluding hydrogens is 414 g/mol. The summed E-state index contributed by atoms with van der Waals surface area (Å²) in [7, 11) is 0. The predicted octanol–water partition coefficient (Wildman–Crippen LogP) is -3.51. The minimum atomic E-state index is -2.25. The molecule has 12 nitrogen and oxygen atoms in total. The van der Waals surface area contributed by atoms with Crippen LogP contribution in [-0.2, 0) is 30.3 Å². The number of nitrogens with one attached hydrogen (secondary N) is 3. The van der Waals surface area contributed by atoms with Crippen LogP contribution < -0.4 is 16.0 Å². The third kappa shape index (κ3) is 5.68. The molecule has 1 aromatic rings. The number of ether oxygens (including phenoxy) is 2. The molecule has 1 aromatic carbocycles. The Labute approximate surface area is 177 Å². The van der Waals surface area contributed by atoms with E-state index in [0.717, 1.165) is 0 Å². The number of carbonyl (C=O) groups is 3. The third-order valence-corrected chi connectivity index (χ3v) is 5.08. The highest BCUT2D eigenvalue weighted by Gasteiger charge is 2.53. The zero-order valence-corrected chi connectivity index (χ0v) is 16.5. The number of carbonyl (C=O) groups excluding carboxylic acids is 3. The number of fused-ring (bicyclic) bond motifs is 2. The van der Waals surface area contributed by atoms with E-state index in [1.54, 1.807) is 12.1 Å². The van der Waals surface area contributed by atoms with Crippen molar-refractivity contribution in [3.63, 3.8) is 0 Å². The normalized spacial score (nSPS) is 32.9. The van der Waals surface area contributed by atoms with E-state index in [1.807, 2.05) is 0 Å². The molecule has 0 spiro atoms. The Kier molecular flexibility index (Phi) is 7.08. The van der Waals surface area contributed by atoms with Crippen molar-refractivity contribution in [2.45, 2.75) is 36.6 Å². The van der Waals surface area contributed by atoms with Gasteiger partial charge in [-0.2, -0.15) is 0 Å². The third-order valence-electron chi connectivity index (χ3n) is 5.08. The van der Waals surface area contributed by atoms with Gasteiger partial charge in [0.05, 0.1) is 19.1 Å². The molecule has 0 radical (unpaired) electrons. The quantitative estimate of drug-likeness (QED) is 0.228. The summed E-state index contributed by atoms with van der Waals surface area (Å²) in [4.78, 5) is 36.3. The molecule has 3 rings (SSSR count). The summed E-state index contributed by atoms with van der Waals surface area (Å²) in [5, 5.41) is 48.0. The Morgan fingerprint density at radius 2 is 1.77 bits per heavy atom. The van der Waals surface area contributed by atoms with Gasteiger partial charge >= 0.3 is 5.97 Å². The van der Waals surface area contributed by atoms with Gasteiger partial charge in [0.15, 0.2) is 0 Å². The molecule has 31 heavy (non-hydrogen) atoms. The monoisotopic (exact) mass is 439 g/mol. The first-order chi connectivity index (χ1) is 14.7. The number of hydrogen-bond acceptors (Lipinski definition) is 10. The van der Waals surface area contributed by atoms with Crippen molar-refractivity contribution in [2.24, 2.45) is 0 Å². The summed E-state index contributed by atoms with van der Waals surface area (Å²) in [6, 6.07) is 5.14. The molecule has 0 aliphatic carbocycles. The molecule has 2 aliphatic heterocycles. The van der Waals surface area contributed by atoms with Gasteiger partial charge in [-0.3, -0.25) is 14.4 Å². The number of phenols is 1. The average molecular weight is 439 g/mol. The lowest BCUT2D eigenvalue weighted by Gasteiger charge is -2.29. The van der Waals surface area contributed by atoms with Gasteiger partial charge in [0.1, 0.15) is 37.2 Å². The van der Waals surface area contributed by atoms with E-state index in [9.17, 15) is 34.8 Å². The number of hydrogen-bond donors (Lipinski definition) is 7. The first-order valence-corrected chi connectivity index (χ1v) is 9.65. The molecule has 2 aliphatic rings. The zero-order valence-electron chi connectivity index (χ0n) is 16.5. The van der Waals surface area contributed by atoms with Crippen LogP contribution in [0.15, 0.2) is 24.3 Å². The standard InChI is InChI=1S/C19H25N3O9/c23-11-3-1-10(2-4-11)5-12-18(28)21-6-14(24)20-7-15(25)30-8-13-16(26)17(27)19(29,31-13)9-22-12/h1-4,12-13,16-17,22-23,26-27,29H,5-9H2,(H,20,24)(H,21,28)/t12-,13+,16+,17-,19+/m0/s1. The number of aliphatic hydroxyl groups is 3. The highest BCUT2D eigenvalue weighted by molar-refractivity contribution is 5.89. The lowest BCUT2D eigenvalue weighted by atomic mass is 10.0. The van der Waals surface area contributed by atoms with Crippen LogP contribution in [0.1, 0.15) is 5.56 Å². The number of phenolic OH excluding ortho intramolecular Hbond substituents is 1. The number of β-amino-alcohol motifs (C(OH)–C–C–N with tert-alkyl or cyclic N) is 1. The van der Waals surface area contributed by atoms with Crippen molar-refractivity contribution in [3.05, 3.63) is 29.8 Å². The Morgan fingerprint density at radius 1 is 1.06 bits per heavy atom. The van der Waals surface area contributed by atoms with E-state index in [-0.39, 0.29) is 12.2 Å². The number of aliphatic hydroxyl groups excluding tert-OH is 2. The van der Waals surface area contributed by atoms with Crippen LogP contribution in [0.25, 0.3) is 0 Å². The molecule has 5 atom stereocenters. The molecule has 2 heterocycles. The Bertz CT molecular complexity index is 818. The first kappa shape index (κ1) is 22.9. The van der Waals surface area contributed by atoms with Gasteiger partial charge in [0, 0.05) is 0 Å². The lowest BCUT2D eigenvalue weighted by Crippen LogP contribution is -2.56. The van der Waals surface area contributed by atoms with E-state index < -0.39 is 74.2 Å². The van der Waals surface area contributed by atoms with E-state index in [1.165, 1.54) is 12.1 Å². The van der Waals surface area contributed by atoms with Gasteiger partial charge in [-0.1, -0.05) is 12.1 Å². The second-order valence-electron chi connectivity index (χ2n) is 7.42. The van der Waals surface area contributed by atoms with Gasteiger partial charge in [0.2, 0.25) is 17.6 Å². The molecule has 7 N–H and O–H groups in total. The molecule has 170 valence electrons. The van der Waals surface area contributed by atoms with Crippen LogP contribution >= 0.6 is 0 Å². The van der Waals surface area contributed by atoms with Gasteiger partial charge < -0.3 is 45.9 Å². The van der Waals surface area contributed by atoms with Crippen LogP contribution in [0.2, 0.25) is 0 Å². The zero-order chi connectivity index (χ0) is 22.6. The topological polar surface area (TPSA) is 187 Å². The van der Waals surface area contributed by atoms with Crippen molar-refractivity contribution in [1.29, 1.82) is 0 Å². The number of esters is 1. The van der Waals surface area contributed by atoms with E-state index in [0.29, 0.717) is 5.56 Å². The van der Waals surface area contributed by atoms with Crippen LogP contribution in [0.4, 0.5) is 0 Å². The SMILES string of the molecule is O=C1CNC(=O)[C@H](Cc2ccc(O)cc2)NC[C@@]2(O)O[C@H](COC(=O)CN1)[C@@H](O)[C@@H]2O. The van der Waals surface area contributed by atoms with Crippen LogP contribution in [0.5, 0.6) is 5.75 Å². The summed E-state index contributed by atoms with van der Waals surface area (Å²) >= 11 is 0. The molecule has 0 aromatic heterocycles. The first-order valence-electron chi connectivity index (χ1n) is 9.65. The maximum atomic E-state index is 12.7. The molecule has 2 saturated heterocycles. The Morgan fingerprint density at radius 3 is 2.48 bits per heavy atom. The summed E-state index contributed by atoms with van der Waals surface area (Å²) < 4.78 is 10.2. The van der Waals surface area contributed by atoms with Crippen LogP contribution in [0, 0.1) is 0 Å². The highest BCUT2D eigenvalue weighted by Crippen LogP contribution is 2.29. The average Bonchev–Trinajstić information content (AvgIpc) is 2.96. The Hall–Kier alpha value is -2.77. The second-order valence-corrected chi connectivity index (χ2v) is 7.42. The fraction of sp³-hybridized carbons (Fsp3) is 0.526. The number of aromatic hydroxyl groups is 1. The van der Waals surface area contributed by atoms with Crippen molar-refractivity contribution in [3.8, 4) is 5.75 Å².